The summed E-state index contributed by atoms with van der Waals surface area (Å²) in [6.45, 7) is 0.638. The number of nitrogens with zero attached hydrogens (tertiary/aromatic N) is 2. The number of fused-ring (bicyclic) bond motifs is 1. The van der Waals surface area contributed by atoms with Gasteiger partial charge in [-0.25, -0.2) is 4.98 Å². The standard InChI is InChI=1S/C23H22N4O2/c1-27(2)23-16(7-6-12-24-23)15-25-17-8-5-9-18(13-17)29-21-14-22(28)26-20-11-4-3-10-19(20)21/h3-14,25H,15H2,1-2H3,(H,26,28). The second-order valence-electron chi connectivity index (χ2n) is 6.91. The van der Waals surface area contributed by atoms with Gasteiger partial charge in [0.05, 0.1) is 5.52 Å². The van der Waals surface area contributed by atoms with E-state index in [0.29, 0.717) is 18.0 Å². The quantitative estimate of drug-likeness (QED) is 0.514. The normalized spacial score (nSPS) is 10.7. The molecule has 0 aliphatic carbocycles. The zero-order valence-electron chi connectivity index (χ0n) is 16.3. The number of ether oxygens (including phenoxy) is 1. The topological polar surface area (TPSA) is 70.2 Å². The molecule has 2 aromatic heterocycles. The average molecular weight is 386 g/mol. The molecular formula is C23H22N4O2. The minimum Gasteiger partial charge on any atom is -0.456 e. The van der Waals surface area contributed by atoms with E-state index in [1.807, 2.05) is 73.6 Å². The molecule has 6 heteroatoms. The van der Waals surface area contributed by atoms with Crippen LogP contribution in [0.4, 0.5) is 11.5 Å². The molecule has 2 heterocycles. The van der Waals surface area contributed by atoms with E-state index in [9.17, 15) is 4.79 Å². The second kappa shape index (κ2) is 8.06. The van der Waals surface area contributed by atoms with Gasteiger partial charge in [-0.3, -0.25) is 4.79 Å². The molecule has 146 valence electrons. The van der Waals surface area contributed by atoms with E-state index >= 15 is 0 Å². The number of benzene rings is 2. The lowest BCUT2D eigenvalue weighted by Gasteiger charge is -2.17. The van der Waals surface area contributed by atoms with Crippen molar-refractivity contribution in [3.63, 3.8) is 0 Å². The third-order valence-electron chi connectivity index (χ3n) is 4.55. The highest BCUT2D eigenvalue weighted by Gasteiger charge is 2.08. The molecule has 0 fully saturated rings. The van der Waals surface area contributed by atoms with Gasteiger partial charge in [-0.05, 0) is 30.3 Å². The van der Waals surface area contributed by atoms with Gasteiger partial charge in [-0.1, -0.05) is 24.3 Å². The maximum atomic E-state index is 11.9. The first kappa shape index (κ1) is 18.6. The van der Waals surface area contributed by atoms with Crippen molar-refractivity contribution >= 4 is 22.4 Å². The second-order valence-corrected chi connectivity index (χ2v) is 6.91. The van der Waals surface area contributed by atoms with Crippen LogP contribution in [0.3, 0.4) is 0 Å². The summed E-state index contributed by atoms with van der Waals surface area (Å²) < 4.78 is 6.05. The van der Waals surface area contributed by atoms with Crippen molar-refractivity contribution in [2.24, 2.45) is 0 Å². The first-order valence-electron chi connectivity index (χ1n) is 9.35. The molecule has 0 amide bonds. The lowest BCUT2D eigenvalue weighted by Crippen LogP contribution is -2.14. The summed E-state index contributed by atoms with van der Waals surface area (Å²) in [4.78, 5) is 21.2. The molecule has 2 aromatic carbocycles. The maximum Gasteiger partial charge on any atom is 0.252 e. The Morgan fingerprint density at radius 3 is 2.76 bits per heavy atom. The van der Waals surface area contributed by atoms with Crippen LogP contribution in [0.25, 0.3) is 10.9 Å². The monoisotopic (exact) mass is 386 g/mol. The Labute approximate surface area is 168 Å². The van der Waals surface area contributed by atoms with E-state index in [1.54, 1.807) is 6.20 Å². The number of para-hydroxylation sites is 1. The molecule has 0 aliphatic heterocycles. The van der Waals surface area contributed by atoms with Crippen LogP contribution in [0.2, 0.25) is 0 Å². The molecule has 0 radical (unpaired) electrons. The fourth-order valence-corrected chi connectivity index (χ4v) is 3.22. The molecule has 4 rings (SSSR count). The number of nitrogens with one attached hydrogen (secondary N) is 2. The SMILES string of the molecule is CN(C)c1ncccc1CNc1cccc(Oc2cc(=O)[nH]c3ccccc23)c1. The molecule has 2 N–H and O–H groups in total. The summed E-state index contributed by atoms with van der Waals surface area (Å²) in [5.41, 5.74) is 2.58. The van der Waals surface area contributed by atoms with Crippen LogP contribution in [0.5, 0.6) is 11.5 Å². The molecule has 0 aliphatic rings. The van der Waals surface area contributed by atoms with E-state index in [0.717, 1.165) is 28.0 Å². The van der Waals surface area contributed by atoms with Gasteiger partial charge >= 0.3 is 0 Å². The number of aromatic amines is 1. The van der Waals surface area contributed by atoms with Crippen LogP contribution in [-0.2, 0) is 6.54 Å². The van der Waals surface area contributed by atoms with Crippen LogP contribution >= 0.6 is 0 Å². The number of anilines is 2. The Morgan fingerprint density at radius 1 is 1.03 bits per heavy atom. The Hall–Kier alpha value is -3.80. The first-order valence-corrected chi connectivity index (χ1v) is 9.35. The zero-order valence-corrected chi connectivity index (χ0v) is 16.3. The largest absolute Gasteiger partial charge is 0.456 e. The summed E-state index contributed by atoms with van der Waals surface area (Å²) >= 11 is 0. The molecule has 4 aromatic rings. The lowest BCUT2D eigenvalue weighted by molar-refractivity contribution is 0.487. The highest BCUT2D eigenvalue weighted by Crippen LogP contribution is 2.29. The lowest BCUT2D eigenvalue weighted by atomic mass is 10.2. The summed E-state index contributed by atoms with van der Waals surface area (Å²) in [6, 6.07) is 20.7. The van der Waals surface area contributed by atoms with Crippen LogP contribution in [0, 0.1) is 0 Å². The van der Waals surface area contributed by atoms with Gasteiger partial charge in [0, 0.05) is 55.6 Å². The summed E-state index contributed by atoms with van der Waals surface area (Å²) in [5, 5.41) is 4.27. The maximum absolute atomic E-state index is 11.9. The zero-order chi connectivity index (χ0) is 20.2. The van der Waals surface area contributed by atoms with Crippen LogP contribution < -0.4 is 20.5 Å². The molecule has 0 saturated heterocycles. The molecule has 0 bridgehead atoms. The fraction of sp³-hybridized carbons (Fsp3) is 0.130. The number of pyridine rings is 2. The number of rotatable bonds is 6. The van der Waals surface area contributed by atoms with Gasteiger partial charge in [0.25, 0.3) is 5.56 Å². The number of aromatic nitrogens is 2. The average Bonchev–Trinajstić information content (AvgIpc) is 2.72. The number of hydrogen-bond acceptors (Lipinski definition) is 5. The Balaban J connectivity index is 1.55. The highest BCUT2D eigenvalue weighted by atomic mass is 16.5. The molecular weight excluding hydrogens is 364 g/mol. The van der Waals surface area contributed by atoms with E-state index < -0.39 is 0 Å². The molecule has 0 saturated carbocycles. The molecule has 29 heavy (non-hydrogen) atoms. The predicted octanol–water partition coefficient (Wildman–Crippen LogP) is 4.39. The van der Waals surface area contributed by atoms with E-state index in [-0.39, 0.29) is 5.56 Å². The van der Waals surface area contributed by atoms with Crippen molar-refractivity contribution in [2.45, 2.75) is 6.54 Å². The van der Waals surface area contributed by atoms with Gasteiger partial charge in [-0.15, -0.1) is 0 Å². The Bertz CT molecular complexity index is 1200. The third kappa shape index (κ3) is 4.21. The fourth-order valence-electron chi connectivity index (χ4n) is 3.22. The van der Waals surface area contributed by atoms with Gasteiger partial charge < -0.3 is 19.9 Å². The molecule has 6 nitrogen and oxygen atoms in total. The van der Waals surface area contributed by atoms with Gasteiger partial charge in [0.1, 0.15) is 17.3 Å². The van der Waals surface area contributed by atoms with Crippen molar-refractivity contribution in [1.82, 2.24) is 9.97 Å². The van der Waals surface area contributed by atoms with Crippen molar-refractivity contribution < 1.29 is 4.74 Å². The van der Waals surface area contributed by atoms with Crippen molar-refractivity contribution in [2.75, 3.05) is 24.3 Å². The van der Waals surface area contributed by atoms with E-state index in [4.69, 9.17) is 4.74 Å². The number of hydrogen-bond donors (Lipinski definition) is 2. The predicted molar refractivity (Wildman–Crippen MR) is 117 cm³/mol. The third-order valence-corrected chi connectivity index (χ3v) is 4.55. The molecule has 0 atom stereocenters. The van der Waals surface area contributed by atoms with E-state index in [2.05, 4.69) is 21.4 Å². The van der Waals surface area contributed by atoms with Crippen molar-refractivity contribution in [1.29, 1.82) is 0 Å². The highest BCUT2D eigenvalue weighted by molar-refractivity contribution is 5.84. The Kier molecular flexibility index (Phi) is 5.16. The van der Waals surface area contributed by atoms with Crippen LogP contribution in [-0.4, -0.2) is 24.1 Å². The van der Waals surface area contributed by atoms with E-state index in [1.165, 1.54) is 6.07 Å². The summed E-state index contributed by atoms with van der Waals surface area (Å²) in [5.74, 6) is 2.12. The van der Waals surface area contributed by atoms with Gasteiger partial charge in [0.15, 0.2) is 0 Å². The smallest absolute Gasteiger partial charge is 0.252 e. The van der Waals surface area contributed by atoms with Gasteiger partial charge in [0.2, 0.25) is 0 Å². The molecule has 0 unspecified atom stereocenters. The first-order chi connectivity index (χ1) is 14.1. The van der Waals surface area contributed by atoms with Gasteiger partial charge in [-0.2, -0.15) is 0 Å². The minimum absolute atomic E-state index is 0.194. The van der Waals surface area contributed by atoms with Crippen LogP contribution in [0.15, 0.2) is 77.7 Å². The Morgan fingerprint density at radius 2 is 1.90 bits per heavy atom. The minimum atomic E-state index is -0.194. The molecule has 0 spiro atoms. The van der Waals surface area contributed by atoms with Crippen molar-refractivity contribution in [3.05, 3.63) is 88.8 Å². The number of H-pyrrole nitrogens is 1. The summed E-state index contributed by atoms with van der Waals surface area (Å²) in [7, 11) is 3.96. The summed E-state index contributed by atoms with van der Waals surface area (Å²) in [6.07, 6.45) is 1.79. The van der Waals surface area contributed by atoms with Crippen LogP contribution in [0.1, 0.15) is 5.56 Å². The van der Waals surface area contributed by atoms with Crippen molar-refractivity contribution in [3.8, 4) is 11.5 Å².